The van der Waals surface area contributed by atoms with Crippen LogP contribution in [-0.2, 0) is 6.42 Å². The lowest BCUT2D eigenvalue weighted by Crippen LogP contribution is -2.16. The van der Waals surface area contributed by atoms with E-state index in [-0.39, 0.29) is 0 Å². The third kappa shape index (κ3) is 2.43. The van der Waals surface area contributed by atoms with Gasteiger partial charge in [0.2, 0.25) is 0 Å². The molecular weight excluding hydrogens is 250 g/mol. The topological polar surface area (TPSA) is 15.8 Å². The molecule has 0 aliphatic heterocycles. The number of hydrogen-bond donors (Lipinski definition) is 1. The summed E-state index contributed by atoms with van der Waals surface area (Å²) < 4.78 is 0. The van der Waals surface area contributed by atoms with E-state index in [0.29, 0.717) is 5.41 Å². The number of aromatic nitrogens is 1. The van der Waals surface area contributed by atoms with Crippen molar-refractivity contribution in [2.75, 3.05) is 5.33 Å². The molecule has 0 fully saturated rings. The molecule has 2 heteroatoms. The molecule has 0 aliphatic carbocycles. The maximum Gasteiger partial charge on any atom is 0.0454 e. The predicted molar refractivity (Wildman–Crippen MR) is 69.6 cm³/mol. The predicted octanol–water partition coefficient (Wildman–Crippen LogP) is 4.13. The molecule has 0 amide bonds. The summed E-state index contributed by atoms with van der Waals surface area (Å²) in [7, 11) is 0. The molecule has 2 aromatic rings. The zero-order valence-corrected chi connectivity index (χ0v) is 10.8. The molecule has 0 atom stereocenters. The highest BCUT2D eigenvalue weighted by Crippen LogP contribution is 2.25. The maximum absolute atomic E-state index is 3.56. The smallest absolute Gasteiger partial charge is 0.0454 e. The zero-order chi connectivity index (χ0) is 10.9. The Kier molecular flexibility index (Phi) is 2.87. The van der Waals surface area contributed by atoms with Crippen LogP contribution in [0.2, 0.25) is 0 Å². The summed E-state index contributed by atoms with van der Waals surface area (Å²) in [5.74, 6) is 0. The van der Waals surface area contributed by atoms with E-state index in [9.17, 15) is 0 Å². The van der Waals surface area contributed by atoms with Gasteiger partial charge in [0.1, 0.15) is 0 Å². The molecule has 0 unspecified atom stereocenters. The quantitative estimate of drug-likeness (QED) is 0.804. The Morgan fingerprint density at radius 3 is 2.80 bits per heavy atom. The van der Waals surface area contributed by atoms with Crippen molar-refractivity contribution in [3.8, 4) is 0 Å². The number of H-pyrrole nitrogens is 1. The van der Waals surface area contributed by atoms with Crippen LogP contribution in [-0.4, -0.2) is 10.3 Å². The van der Waals surface area contributed by atoms with Gasteiger partial charge in [-0.05, 0) is 41.0 Å². The van der Waals surface area contributed by atoms with Gasteiger partial charge in [-0.2, -0.15) is 0 Å². The van der Waals surface area contributed by atoms with Crippen LogP contribution < -0.4 is 0 Å². The summed E-state index contributed by atoms with van der Waals surface area (Å²) in [6.07, 6.45) is 3.10. The number of fused-ring (bicyclic) bond motifs is 1. The highest BCUT2D eigenvalue weighted by Gasteiger charge is 2.16. The fourth-order valence-electron chi connectivity index (χ4n) is 1.81. The number of nitrogens with one attached hydrogen (secondary N) is 1. The lowest BCUT2D eigenvalue weighted by molar-refractivity contribution is 0.425. The van der Waals surface area contributed by atoms with Crippen LogP contribution in [0.4, 0.5) is 0 Å². The van der Waals surface area contributed by atoms with Crippen molar-refractivity contribution in [2.45, 2.75) is 20.3 Å². The molecule has 1 N–H and O–H groups in total. The number of hydrogen-bond acceptors (Lipinski definition) is 0. The summed E-state index contributed by atoms with van der Waals surface area (Å²) >= 11 is 3.56. The standard InChI is InChI=1S/C13H16BrN/c1-13(2,9-14)8-10-3-4-12-11(7-10)5-6-15-12/h3-7,15H,8-9H2,1-2H3. The molecule has 80 valence electrons. The second kappa shape index (κ2) is 4.01. The van der Waals surface area contributed by atoms with E-state index in [2.05, 4.69) is 59.0 Å². The van der Waals surface area contributed by atoms with Crippen LogP contribution in [0.1, 0.15) is 19.4 Å². The van der Waals surface area contributed by atoms with Gasteiger partial charge in [-0.25, -0.2) is 0 Å². The van der Waals surface area contributed by atoms with Crippen LogP contribution in [0.3, 0.4) is 0 Å². The second-order valence-corrected chi connectivity index (χ2v) is 5.43. The third-order valence-electron chi connectivity index (χ3n) is 2.66. The minimum atomic E-state index is 0.323. The van der Waals surface area contributed by atoms with Gasteiger partial charge in [0, 0.05) is 17.0 Å². The van der Waals surface area contributed by atoms with E-state index in [1.807, 2.05) is 6.20 Å². The second-order valence-electron chi connectivity index (χ2n) is 4.87. The molecule has 1 heterocycles. The highest BCUT2D eigenvalue weighted by molar-refractivity contribution is 9.09. The molecule has 0 saturated carbocycles. The SMILES string of the molecule is CC(C)(CBr)Cc1ccc2[nH]ccc2c1. The van der Waals surface area contributed by atoms with Crippen molar-refractivity contribution in [1.29, 1.82) is 0 Å². The van der Waals surface area contributed by atoms with Crippen molar-refractivity contribution in [3.05, 3.63) is 36.0 Å². The molecule has 1 nitrogen and oxygen atoms in total. The van der Waals surface area contributed by atoms with E-state index < -0.39 is 0 Å². The lowest BCUT2D eigenvalue weighted by atomic mass is 9.88. The van der Waals surface area contributed by atoms with Crippen molar-refractivity contribution in [1.82, 2.24) is 4.98 Å². The van der Waals surface area contributed by atoms with Crippen LogP contribution in [0.15, 0.2) is 30.5 Å². The highest BCUT2D eigenvalue weighted by atomic mass is 79.9. The Morgan fingerprint density at radius 1 is 1.27 bits per heavy atom. The molecule has 1 aromatic carbocycles. The minimum Gasteiger partial charge on any atom is -0.361 e. The summed E-state index contributed by atoms with van der Waals surface area (Å²) in [6.45, 7) is 4.56. The van der Waals surface area contributed by atoms with E-state index in [1.54, 1.807) is 0 Å². The first kappa shape index (κ1) is 10.7. The first-order chi connectivity index (χ1) is 7.11. The van der Waals surface area contributed by atoms with Gasteiger partial charge in [-0.15, -0.1) is 0 Å². The normalized spacial score (nSPS) is 12.2. The molecule has 0 bridgehead atoms. The summed E-state index contributed by atoms with van der Waals surface area (Å²) in [5, 5.41) is 2.34. The summed E-state index contributed by atoms with van der Waals surface area (Å²) in [5.41, 5.74) is 2.95. The molecule has 0 aliphatic rings. The first-order valence-corrected chi connectivity index (χ1v) is 6.35. The first-order valence-electron chi connectivity index (χ1n) is 5.23. The van der Waals surface area contributed by atoms with Crippen LogP contribution in [0, 0.1) is 5.41 Å². The molecule has 2 rings (SSSR count). The van der Waals surface area contributed by atoms with E-state index in [4.69, 9.17) is 0 Å². The van der Waals surface area contributed by atoms with E-state index in [1.165, 1.54) is 16.5 Å². The molecule has 15 heavy (non-hydrogen) atoms. The third-order valence-corrected chi connectivity index (χ3v) is 4.18. The Bertz CT molecular complexity index is 456. The molecule has 0 radical (unpaired) electrons. The average molecular weight is 266 g/mol. The Labute approximate surface area is 99.0 Å². The Hall–Kier alpha value is -0.760. The van der Waals surface area contributed by atoms with Crippen LogP contribution in [0.25, 0.3) is 10.9 Å². The van der Waals surface area contributed by atoms with E-state index in [0.717, 1.165) is 11.8 Å². The summed E-state index contributed by atoms with van der Waals surface area (Å²) in [6, 6.07) is 8.77. The minimum absolute atomic E-state index is 0.323. The van der Waals surface area contributed by atoms with Crippen molar-refractivity contribution in [2.24, 2.45) is 5.41 Å². The fraction of sp³-hybridized carbons (Fsp3) is 0.385. The van der Waals surface area contributed by atoms with Crippen molar-refractivity contribution < 1.29 is 0 Å². The molecule has 0 spiro atoms. The summed E-state index contributed by atoms with van der Waals surface area (Å²) in [4.78, 5) is 3.21. The van der Waals surface area contributed by atoms with Gasteiger partial charge in [0.15, 0.2) is 0 Å². The van der Waals surface area contributed by atoms with Gasteiger partial charge in [-0.1, -0.05) is 35.8 Å². The van der Waals surface area contributed by atoms with E-state index >= 15 is 0 Å². The van der Waals surface area contributed by atoms with Gasteiger partial charge in [-0.3, -0.25) is 0 Å². The van der Waals surface area contributed by atoms with Crippen LogP contribution in [0.5, 0.6) is 0 Å². The molecule has 0 saturated heterocycles. The largest absolute Gasteiger partial charge is 0.361 e. The van der Waals surface area contributed by atoms with Crippen molar-refractivity contribution in [3.63, 3.8) is 0 Å². The van der Waals surface area contributed by atoms with Crippen molar-refractivity contribution >= 4 is 26.8 Å². The monoisotopic (exact) mass is 265 g/mol. The van der Waals surface area contributed by atoms with Gasteiger partial charge in [0.05, 0.1) is 0 Å². The Morgan fingerprint density at radius 2 is 2.07 bits per heavy atom. The number of alkyl halides is 1. The number of benzene rings is 1. The Balaban J connectivity index is 2.28. The lowest BCUT2D eigenvalue weighted by Gasteiger charge is -2.21. The van der Waals surface area contributed by atoms with Gasteiger partial charge in [0.25, 0.3) is 0 Å². The van der Waals surface area contributed by atoms with Gasteiger partial charge >= 0.3 is 0 Å². The number of halogens is 1. The number of rotatable bonds is 3. The maximum atomic E-state index is 3.56. The fourth-order valence-corrected chi connectivity index (χ4v) is 2.01. The molecular formula is C13H16BrN. The average Bonchev–Trinajstić information content (AvgIpc) is 2.64. The molecule has 1 aromatic heterocycles. The van der Waals surface area contributed by atoms with Crippen LogP contribution >= 0.6 is 15.9 Å². The van der Waals surface area contributed by atoms with Gasteiger partial charge < -0.3 is 4.98 Å². The zero-order valence-electron chi connectivity index (χ0n) is 9.18. The number of aromatic amines is 1.